The van der Waals surface area contributed by atoms with Crippen LogP contribution >= 0.6 is 0 Å². The Morgan fingerprint density at radius 1 is 2.00 bits per heavy atom. The Balaban J connectivity index is 3.20. The van der Waals surface area contributed by atoms with Gasteiger partial charge in [0.05, 0.1) is 0 Å². The molecule has 0 fully saturated rings. The molecule has 25 valence electrons. The molecule has 0 bridgehead atoms. The van der Waals surface area contributed by atoms with Crippen molar-refractivity contribution < 1.29 is 29.5 Å². The van der Waals surface area contributed by atoms with E-state index in [0.29, 0.717) is 0 Å². The van der Waals surface area contributed by atoms with Crippen LogP contribution in [0.3, 0.4) is 0 Å². The van der Waals surface area contributed by atoms with E-state index in [1.54, 1.807) is 0 Å². The van der Waals surface area contributed by atoms with Crippen LogP contribution in [-0.4, -0.2) is 3.49 Å². The van der Waals surface area contributed by atoms with E-state index >= 15 is 0 Å². The van der Waals surface area contributed by atoms with Gasteiger partial charge in [-0.05, 0) is 0 Å². The number of carbonyl (C=O) groups excluding carboxylic acids is 1. The molecule has 0 amide bonds. The molecule has 0 saturated carbocycles. The fourth-order valence-corrected chi connectivity index (χ4v) is 0. The first-order valence-corrected chi connectivity index (χ1v) is 2.38. The van der Waals surface area contributed by atoms with E-state index in [1.165, 1.54) is 6.08 Å². The zero-order chi connectivity index (χ0) is 4.28. The molecule has 2 heteroatoms. The van der Waals surface area contributed by atoms with Crippen molar-refractivity contribution >= 4 is 3.49 Å². The predicted octanol–water partition coefficient (Wildman–Crippen LogP) is 0.246. The molecule has 0 radical (unpaired) electrons. The Labute approximate surface area is 45.9 Å². The summed E-state index contributed by atoms with van der Waals surface area (Å²) in [6, 6.07) is 0. The van der Waals surface area contributed by atoms with E-state index in [1.807, 2.05) is 0 Å². The van der Waals surface area contributed by atoms with E-state index in [0.717, 1.165) is 24.7 Å². The zero-order valence-corrected chi connectivity index (χ0v) is 5.15. The third kappa shape index (κ3) is 4.29. The minimum atomic E-state index is 0.109. The maximum absolute atomic E-state index is 9.73. The average Bonchev–Trinajstić information content (AvgIpc) is 1.38. The van der Waals surface area contributed by atoms with Crippen LogP contribution in [0.4, 0.5) is 0 Å². The normalized spacial score (nSPS) is 6.20. The van der Waals surface area contributed by atoms with E-state index in [-0.39, 0.29) is 3.49 Å². The molecule has 0 spiro atoms. The molecular formula is C3H3OZr. The van der Waals surface area contributed by atoms with Gasteiger partial charge in [-0.1, -0.05) is 0 Å². The van der Waals surface area contributed by atoms with Crippen LogP contribution in [0.1, 0.15) is 0 Å². The third-order valence-electron chi connectivity index (χ3n) is 0.185. The van der Waals surface area contributed by atoms with Gasteiger partial charge in [0.15, 0.2) is 0 Å². The monoisotopic (exact) mass is 145 g/mol. The van der Waals surface area contributed by atoms with Gasteiger partial charge in [-0.3, -0.25) is 0 Å². The van der Waals surface area contributed by atoms with E-state index < -0.39 is 0 Å². The summed E-state index contributed by atoms with van der Waals surface area (Å²) in [5, 5.41) is 0. The molecule has 0 aliphatic rings. The summed E-state index contributed by atoms with van der Waals surface area (Å²) >= 11 is 0.913. The topological polar surface area (TPSA) is 17.1 Å². The number of hydrogen-bond acceptors (Lipinski definition) is 1. The second-order valence-electron chi connectivity index (χ2n) is 0.568. The molecule has 0 aromatic carbocycles. The first-order chi connectivity index (χ1) is 2.27. The Morgan fingerprint density at radius 3 is 2.20 bits per heavy atom. The van der Waals surface area contributed by atoms with Gasteiger partial charge in [0.2, 0.25) is 0 Å². The van der Waals surface area contributed by atoms with Crippen LogP contribution < -0.4 is 0 Å². The van der Waals surface area contributed by atoms with Gasteiger partial charge in [-0.15, -0.1) is 0 Å². The van der Waals surface area contributed by atoms with Crippen molar-refractivity contribution in [3.63, 3.8) is 0 Å². The van der Waals surface area contributed by atoms with Gasteiger partial charge in [0.1, 0.15) is 0 Å². The van der Waals surface area contributed by atoms with Gasteiger partial charge < -0.3 is 0 Å². The SMILES string of the molecule is C=C[C](=O)[Zr]. The molecule has 0 aliphatic carbocycles. The summed E-state index contributed by atoms with van der Waals surface area (Å²) < 4.78 is 0.109. The Kier molecular flexibility index (Phi) is 2.67. The summed E-state index contributed by atoms with van der Waals surface area (Å²) in [7, 11) is 0. The van der Waals surface area contributed by atoms with Crippen molar-refractivity contribution in [3.05, 3.63) is 12.7 Å². The van der Waals surface area contributed by atoms with Crippen LogP contribution in [0.2, 0.25) is 0 Å². The molecule has 0 saturated heterocycles. The fourth-order valence-electron chi connectivity index (χ4n) is 0. The molecular weight excluding hydrogens is 143 g/mol. The second kappa shape index (κ2) is 2.53. The number of allylic oxidation sites excluding steroid dienone is 1. The van der Waals surface area contributed by atoms with Gasteiger partial charge in [0.25, 0.3) is 0 Å². The van der Waals surface area contributed by atoms with Gasteiger partial charge in [-0.25, -0.2) is 0 Å². The first kappa shape index (κ1) is 5.29. The van der Waals surface area contributed by atoms with E-state index in [2.05, 4.69) is 6.58 Å². The van der Waals surface area contributed by atoms with Crippen molar-refractivity contribution in [1.29, 1.82) is 0 Å². The van der Waals surface area contributed by atoms with Crippen molar-refractivity contribution in [2.75, 3.05) is 0 Å². The molecule has 0 aromatic heterocycles. The zero-order valence-electron chi connectivity index (χ0n) is 2.69. The number of hydrogen-bond donors (Lipinski definition) is 0. The fraction of sp³-hybridized carbons (Fsp3) is 0. The van der Waals surface area contributed by atoms with Crippen molar-refractivity contribution in [2.24, 2.45) is 0 Å². The first-order valence-electron chi connectivity index (χ1n) is 1.15. The van der Waals surface area contributed by atoms with Crippen LogP contribution in [0.25, 0.3) is 0 Å². The molecule has 0 unspecified atom stereocenters. The van der Waals surface area contributed by atoms with Crippen molar-refractivity contribution in [3.8, 4) is 0 Å². The molecule has 0 aromatic rings. The van der Waals surface area contributed by atoms with Gasteiger partial charge >= 0.3 is 45.7 Å². The molecule has 0 N–H and O–H groups in total. The van der Waals surface area contributed by atoms with Crippen molar-refractivity contribution in [1.82, 2.24) is 0 Å². The average molecular weight is 146 g/mol. The quantitative estimate of drug-likeness (QED) is 0.485. The maximum atomic E-state index is 9.73. The van der Waals surface area contributed by atoms with Crippen molar-refractivity contribution in [2.45, 2.75) is 0 Å². The third-order valence-corrected chi connectivity index (χ3v) is 0.687. The summed E-state index contributed by atoms with van der Waals surface area (Å²) in [6.45, 7) is 3.23. The molecule has 0 heterocycles. The Morgan fingerprint density at radius 2 is 2.20 bits per heavy atom. The van der Waals surface area contributed by atoms with Gasteiger partial charge in [0, 0.05) is 0 Å². The minimum absolute atomic E-state index is 0.109. The summed E-state index contributed by atoms with van der Waals surface area (Å²) in [5.74, 6) is 0. The van der Waals surface area contributed by atoms with Crippen LogP contribution in [-0.2, 0) is 29.5 Å². The molecule has 0 aliphatic heterocycles. The van der Waals surface area contributed by atoms with Crippen LogP contribution in [0, 0.1) is 0 Å². The molecule has 0 rings (SSSR count). The predicted molar refractivity (Wildman–Crippen MR) is 15.2 cm³/mol. The summed E-state index contributed by atoms with van der Waals surface area (Å²) in [4.78, 5) is 9.73. The molecule has 5 heavy (non-hydrogen) atoms. The summed E-state index contributed by atoms with van der Waals surface area (Å²) in [5.41, 5.74) is 0. The standard InChI is InChI=1S/C3H3O.Zr/c1-2-3-4;/h2H,1H2;. The number of carbonyl (C=O) groups is 1. The van der Waals surface area contributed by atoms with E-state index in [4.69, 9.17) is 0 Å². The Bertz CT molecular complexity index is 57.9. The molecule has 0 atom stereocenters. The Hall–Kier alpha value is 0.293. The number of rotatable bonds is 1. The molecule has 1 nitrogen and oxygen atoms in total. The van der Waals surface area contributed by atoms with Crippen LogP contribution in [0.5, 0.6) is 0 Å². The van der Waals surface area contributed by atoms with Crippen LogP contribution in [0.15, 0.2) is 12.7 Å². The van der Waals surface area contributed by atoms with E-state index in [9.17, 15) is 4.79 Å². The second-order valence-corrected chi connectivity index (χ2v) is 1.78. The summed E-state index contributed by atoms with van der Waals surface area (Å²) in [6.07, 6.45) is 1.32. The van der Waals surface area contributed by atoms with Gasteiger partial charge in [-0.2, -0.15) is 0 Å².